The Morgan fingerprint density at radius 1 is 1.02 bits per heavy atom. The normalized spacial score (nSPS) is 13.8. The van der Waals surface area contributed by atoms with Crippen molar-refractivity contribution in [2.45, 2.75) is 38.9 Å². The van der Waals surface area contributed by atoms with Gasteiger partial charge in [0.05, 0.1) is 28.5 Å². The van der Waals surface area contributed by atoms with Crippen LogP contribution in [0.5, 0.6) is 0 Å². The molecule has 10 nitrogen and oxygen atoms in total. The minimum atomic E-state index is -1.04. The van der Waals surface area contributed by atoms with Gasteiger partial charge in [-0.3, -0.25) is 9.59 Å². The number of anilines is 1. The van der Waals surface area contributed by atoms with E-state index in [-0.39, 0.29) is 35.7 Å². The molecule has 2 aromatic heterocycles. The third-order valence-electron chi connectivity index (χ3n) is 8.02. The third-order valence-corrected chi connectivity index (χ3v) is 8.35. The molecule has 0 aliphatic heterocycles. The van der Waals surface area contributed by atoms with E-state index in [9.17, 15) is 28.3 Å². The minimum absolute atomic E-state index is 0.0410. The highest BCUT2D eigenvalue weighted by molar-refractivity contribution is 6.33. The second kappa shape index (κ2) is 12.6. The number of carbonyl (C=O) groups is 3. The summed E-state index contributed by atoms with van der Waals surface area (Å²) in [4.78, 5) is 43.2. The number of nitrogens with zero attached hydrogens (tertiary/aromatic N) is 3. The molecule has 234 valence electrons. The molecule has 0 saturated carbocycles. The summed E-state index contributed by atoms with van der Waals surface area (Å²) >= 11 is 6.29. The van der Waals surface area contributed by atoms with E-state index < -0.39 is 35.5 Å². The summed E-state index contributed by atoms with van der Waals surface area (Å²) in [5.74, 6) is -4.22. The molecule has 4 N–H and O–H groups in total. The number of amides is 2. The molecule has 1 atom stereocenters. The Balaban J connectivity index is 1.31. The van der Waals surface area contributed by atoms with Gasteiger partial charge >= 0.3 is 5.97 Å². The van der Waals surface area contributed by atoms with Crippen LogP contribution in [0.2, 0.25) is 5.02 Å². The standard InChI is InChI=1S/C33H27ClF2N6O4/c1-17-20-9-11-26(22(20)8-7-21(17)33(45)46)41-32(44)29-13-28(31(43)38-14-18-6-10-24(35)25(36)12-18)40-30-19(16-39-42(29)30)15-37-27-5-3-2-4-23(27)34/h2-8,10,12-13,16,26,37H,9,11,14-15H2,1H3,(H,38,43)(H,41,44)(H,45,46)/t26-/m0/s1. The number of carboxylic acid groups (broad SMARTS) is 1. The Bertz CT molecular complexity index is 2030. The van der Waals surface area contributed by atoms with Crippen LogP contribution >= 0.6 is 11.6 Å². The molecule has 2 amide bonds. The summed E-state index contributed by atoms with van der Waals surface area (Å²) in [6, 6.07) is 14.7. The molecular formula is C33H27ClF2N6O4. The third kappa shape index (κ3) is 5.98. The van der Waals surface area contributed by atoms with Gasteiger partial charge in [0.25, 0.3) is 11.8 Å². The minimum Gasteiger partial charge on any atom is -0.478 e. The second-order valence-electron chi connectivity index (χ2n) is 10.9. The molecule has 6 rings (SSSR count). The summed E-state index contributed by atoms with van der Waals surface area (Å²) in [6.07, 6.45) is 2.69. The number of aromatic carboxylic acids is 1. The Morgan fingerprint density at radius 3 is 2.59 bits per heavy atom. The van der Waals surface area contributed by atoms with E-state index in [4.69, 9.17) is 11.6 Å². The summed E-state index contributed by atoms with van der Waals surface area (Å²) in [5, 5.41) is 23.3. The lowest BCUT2D eigenvalue weighted by Crippen LogP contribution is -2.31. The molecule has 0 unspecified atom stereocenters. The highest BCUT2D eigenvalue weighted by Crippen LogP contribution is 2.35. The molecule has 0 radical (unpaired) electrons. The van der Waals surface area contributed by atoms with Crippen molar-refractivity contribution >= 4 is 40.7 Å². The molecule has 0 fully saturated rings. The molecule has 0 saturated heterocycles. The van der Waals surface area contributed by atoms with Crippen LogP contribution in [0.1, 0.15) is 71.6 Å². The zero-order valence-electron chi connectivity index (χ0n) is 24.4. The first-order chi connectivity index (χ1) is 22.1. The lowest BCUT2D eigenvalue weighted by Gasteiger charge is -2.16. The number of carbonyl (C=O) groups excluding carboxylic acids is 2. The van der Waals surface area contributed by atoms with E-state index >= 15 is 0 Å². The summed E-state index contributed by atoms with van der Waals surface area (Å²) in [6.45, 7) is 1.87. The number of para-hydroxylation sites is 1. The Labute approximate surface area is 266 Å². The van der Waals surface area contributed by atoms with Crippen molar-refractivity contribution < 1.29 is 28.3 Å². The van der Waals surface area contributed by atoms with Crippen LogP contribution in [0.15, 0.2) is 66.9 Å². The predicted octanol–water partition coefficient (Wildman–Crippen LogP) is 5.63. The molecule has 1 aliphatic carbocycles. The summed E-state index contributed by atoms with van der Waals surface area (Å²) in [5.41, 5.74) is 4.37. The fourth-order valence-electron chi connectivity index (χ4n) is 5.62. The van der Waals surface area contributed by atoms with Gasteiger partial charge in [-0.2, -0.15) is 5.10 Å². The number of carboxylic acids is 1. The highest BCUT2D eigenvalue weighted by atomic mass is 35.5. The zero-order chi connectivity index (χ0) is 32.5. The average molecular weight is 645 g/mol. The second-order valence-corrected chi connectivity index (χ2v) is 11.3. The maximum Gasteiger partial charge on any atom is 0.335 e. The number of hydrogen-bond donors (Lipinski definition) is 4. The van der Waals surface area contributed by atoms with Gasteiger partial charge in [0.15, 0.2) is 17.3 Å². The van der Waals surface area contributed by atoms with Crippen molar-refractivity contribution in [3.63, 3.8) is 0 Å². The Morgan fingerprint density at radius 2 is 1.83 bits per heavy atom. The average Bonchev–Trinajstić information content (AvgIpc) is 3.65. The quantitative estimate of drug-likeness (QED) is 0.163. The Kier molecular flexibility index (Phi) is 8.37. The van der Waals surface area contributed by atoms with Crippen LogP contribution in [0.25, 0.3) is 5.65 Å². The largest absolute Gasteiger partial charge is 0.478 e. The van der Waals surface area contributed by atoms with Gasteiger partial charge in [0.2, 0.25) is 0 Å². The Hall–Kier alpha value is -5.36. The monoisotopic (exact) mass is 644 g/mol. The van der Waals surface area contributed by atoms with Crippen molar-refractivity contribution in [2.75, 3.05) is 5.32 Å². The topological polar surface area (TPSA) is 138 Å². The molecule has 5 aromatic rings. The summed E-state index contributed by atoms with van der Waals surface area (Å²) in [7, 11) is 0. The van der Waals surface area contributed by atoms with Gasteiger partial charge in [-0.15, -0.1) is 0 Å². The predicted molar refractivity (Wildman–Crippen MR) is 166 cm³/mol. The van der Waals surface area contributed by atoms with Crippen LogP contribution in [0.4, 0.5) is 14.5 Å². The first kappa shape index (κ1) is 30.7. The first-order valence-corrected chi connectivity index (χ1v) is 14.7. The van der Waals surface area contributed by atoms with E-state index in [0.29, 0.717) is 40.2 Å². The van der Waals surface area contributed by atoms with Crippen molar-refractivity contribution in [3.05, 3.63) is 128 Å². The van der Waals surface area contributed by atoms with Gasteiger partial charge in [-0.1, -0.05) is 35.9 Å². The lowest BCUT2D eigenvalue weighted by molar-refractivity contribution is 0.0695. The molecule has 0 bridgehead atoms. The summed E-state index contributed by atoms with van der Waals surface area (Å²) < 4.78 is 28.4. The SMILES string of the molecule is Cc1c(C(=O)O)ccc2c1CC[C@@H]2NC(=O)c1cc(C(=O)NCc2ccc(F)c(F)c2)nc2c(CNc3ccccc3Cl)cnn12. The van der Waals surface area contributed by atoms with Crippen molar-refractivity contribution in [1.29, 1.82) is 0 Å². The molecule has 2 heterocycles. The van der Waals surface area contributed by atoms with Crippen LogP contribution in [0, 0.1) is 18.6 Å². The number of benzene rings is 3. The fourth-order valence-corrected chi connectivity index (χ4v) is 5.83. The maximum atomic E-state index is 13.8. The number of hydrogen-bond acceptors (Lipinski definition) is 6. The lowest BCUT2D eigenvalue weighted by atomic mass is 9.98. The molecular weight excluding hydrogens is 618 g/mol. The van der Waals surface area contributed by atoms with Crippen LogP contribution in [-0.2, 0) is 19.5 Å². The van der Waals surface area contributed by atoms with Crippen LogP contribution in [-0.4, -0.2) is 37.5 Å². The first-order valence-electron chi connectivity index (χ1n) is 14.4. The van der Waals surface area contributed by atoms with Crippen molar-refractivity contribution in [3.8, 4) is 0 Å². The van der Waals surface area contributed by atoms with Gasteiger partial charge in [0, 0.05) is 24.7 Å². The van der Waals surface area contributed by atoms with Gasteiger partial charge in [-0.05, 0) is 72.4 Å². The smallest absolute Gasteiger partial charge is 0.335 e. The van der Waals surface area contributed by atoms with E-state index in [1.807, 2.05) is 6.07 Å². The van der Waals surface area contributed by atoms with Gasteiger partial charge in [0.1, 0.15) is 11.4 Å². The van der Waals surface area contributed by atoms with E-state index in [2.05, 4.69) is 26.0 Å². The zero-order valence-corrected chi connectivity index (χ0v) is 25.2. The van der Waals surface area contributed by atoms with Crippen molar-refractivity contribution in [2.24, 2.45) is 0 Å². The van der Waals surface area contributed by atoms with E-state index in [0.717, 1.165) is 23.3 Å². The molecule has 1 aliphatic rings. The van der Waals surface area contributed by atoms with E-state index in [1.54, 1.807) is 31.2 Å². The number of halogens is 3. The maximum absolute atomic E-state index is 13.8. The van der Waals surface area contributed by atoms with Gasteiger partial charge < -0.3 is 21.1 Å². The van der Waals surface area contributed by atoms with Crippen LogP contribution in [0.3, 0.4) is 0 Å². The number of rotatable bonds is 9. The van der Waals surface area contributed by atoms with Crippen molar-refractivity contribution in [1.82, 2.24) is 25.2 Å². The number of aromatic nitrogens is 3. The number of nitrogens with one attached hydrogen (secondary N) is 3. The number of fused-ring (bicyclic) bond motifs is 2. The highest BCUT2D eigenvalue weighted by Gasteiger charge is 2.29. The van der Waals surface area contributed by atoms with E-state index in [1.165, 1.54) is 28.9 Å². The molecule has 0 spiro atoms. The molecule has 13 heteroatoms. The fraction of sp³-hybridized carbons (Fsp3) is 0.182. The molecule has 46 heavy (non-hydrogen) atoms. The van der Waals surface area contributed by atoms with Gasteiger partial charge in [-0.25, -0.2) is 23.1 Å². The molecule has 3 aromatic carbocycles. The van der Waals surface area contributed by atoms with Crippen LogP contribution < -0.4 is 16.0 Å².